The number of rotatable bonds is 8. The summed E-state index contributed by atoms with van der Waals surface area (Å²) in [4.78, 5) is 39.1. The number of hydrogen-bond acceptors (Lipinski definition) is 7. The normalized spacial score (nSPS) is 10.3. The van der Waals surface area contributed by atoms with E-state index in [2.05, 4.69) is 15.6 Å². The lowest BCUT2D eigenvalue weighted by molar-refractivity contribution is -0.384. The Labute approximate surface area is 175 Å². The van der Waals surface area contributed by atoms with Crippen LogP contribution in [0.2, 0.25) is 0 Å². The highest BCUT2D eigenvalue weighted by molar-refractivity contribution is 7.14. The van der Waals surface area contributed by atoms with Gasteiger partial charge in [0, 0.05) is 23.9 Å². The highest BCUT2D eigenvalue weighted by atomic mass is 32.1. The van der Waals surface area contributed by atoms with E-state index in [-0.39, 0.29) is 35.1 Å². The number of carbonyl (C=O) groups excluding carboxylic acids is 2. The number of ether oxygens (including phenoxy) is 1. The van der Waals surface area contributed by atoms with Gasteiger partial charge in [0.1, 0.15) is 11.4 Å². The average Bonchev–Trinajstić information content (AvgIpc) is 3.21. The minimum absolute atomic E-state index is 0.0759. The van der Waals surface area contributed by atoms with Crippen molar-refractivity contribution in [1.82, 2.24) is 4.98 Å². The molecule has 0 bridgehead atoms. The Morgan fingerprint density at radius 1 is 1.17 bits per heavy atom. The summed E-state index contributed by atoms with van der Waals surface area (Å²) in [5, 5.41) is 18.0. The van der Waals surface area contributed by atoms with Crippen LogP contribution in [0.1, 0.15) is 22.5 Å². The first-order chi connectivity index (χ1) is 14.5. The van der Waals surface area contributed by atoms with Crippen molar-refractivity contribution in [1.29, 1.82) is 0 Å². The van der Waals surface area contributed by atoms with Crippen LogP contribution < -0.4 is 15.4 Å². The minimum Gasteiger partial charge on any atom is -0.495 e. The first-order valence-electron chi connectivity index (χ1n) is 8.89. The topological polar surface area (TPSA) is 123 Å². The fourth-order valence-corrected chi connectivity index (χ4v) is 3.32. The zero-order valence-corrected chi connectivity index (χ0v) is 16.8. The van der Waals surface area contributed by atoms with Crippen LogP contribution in [0, 0.1) is 10.1 Å². The van der Waals surface area contributed by atoms with Crippen molar-refractivity contribution < 1.29 is 19.2 Å². The molecule has 1 heterocycles. The number of nitro benzene ring substituents is 1. The first kappa shape index (κ1) is 20.9. The summed E-state index contributed by atoms with van der Waals surface area (Å²) in [6, 6.07) is 13.5. The summed E-state index contributed by atoms with van der Waals surface area (Å²) < 4.78 is 5.13. The molecule has 0 saturated heterocycles. The molecule has 0 fully saturated rings. The van der Waals surface area contributed by atoms with E-state index >= 15 is 0 Å². The van der Waals surface area contributed by atoms with E-state index in [9.17, 15) is 19.7 Å². The van der Waals surface area contributed by atoms with E-state index in [4.69, 9.17) is 4.74 Å². The number of hydrogen-bond donors (Lipinski definition) is 2. The minimum atomic E-state index is -0.574. The lowest BCUT2D eigenvalue weighted by Crippen LogP contribution is -2.15. The highest BCUT2D eigenvalue weighted by Crippen LogP contribution is 2.29. The Kier molecular flexibility index (Phi) is 6.71. The van der Waals surface area contributed by atoms with Crippen molar-refractivity contribution in [2.24, 2.45) is 0 Å². The second-order valence-corrected chi connectivity index (χ2v) is 7.03. The molecule has 10 heteroatoms. The number of carbonyl (C=O) groups is 2. The molecule has 0 aliphatic heterocycles. The SMILES string of the molecule is COc1ccc([N+](=O)[O-])cc1NC(=O)c1csc(NC(=O)CCc2ccccc2)n1. The van der Waals surface area contributed by atoms with Crippen LogP contribution in [0.4, 0.5) is 16.5 Å². The molecule has 3 rings (SSSR count). The van der Waals surface area contributed by atoms with Crippen LogP contribution in [0.15, 0.2) is 53.9 Å². The van der Waals surface area contributed by atoms with E-state index in [1.807, 2.05) is 30.3 Å². The van der Waals surface area contributed by atoms with E-state index in [1.54, 1.807) is 0 Å². The monoisotopic (exact) mass is 426 g/mol. The third-order valence-electron chi connectivity index (χ3n) is 4.11. The van der Waals surface area contributed by atoms with Gasteiger partial charge >= 0.3 is 0 Å². The van der Waals surface area contributed by atoms with Crippen LogP contribution in [0.3, 0.4) is 0 Å². The van der Waals surface area contributed by atoms with Gasteiger partial charge in [-0.2, -0.15) is 0 Å². The lowest BCUT2D eigenvalue weighted by atomic mass is 10.1. The van der Waals surface area contributed by atoms with Gasteiger partial charge in [0.15, 0.2) is 5.13 Å². The molecule has 0 saturated carbocycles. The largest absolute Gasteiger partial charge is 0.495 e. The number of thiazole rings is 1. The van der Waals surface area contributed by atoms with Crippen molar-refractivity contribution in [3.05, 3.63) is 75.3 Å². The molecule has 154 valence electrons. The van der Waals surface area contributed by atoms with Crippen molar-refractivity contribution in [2.75, 3.05) is 17.7 Å². The molecule has 2 aromatic carbocycles. The molecule has 30 heavy (non-hydrogen) atoms. The summed E-state index contributed by atoms with van der Waals surface area (Å²) in [6.07, 6.45) is 0.883. The third kappa shape index (κ3) is 5.39. The molecule has 0 aliphatic carbocycles. The van der Waals surface area contributed by atoms with Crippen LogP contribution in [0.5, 0.6) is 5.75 Å². The molecular formula is C20H18N4O5S. The predicted molar refractivity (Wildman–Crippen MR) is 113 cm³/mol. The van der Waals surface area contributed by atoms with Crippen LogP contribution >= 0.6 is 11.3 Å². The first-order valence-corrected chi connectivity index (χ1v) is 9.77. The number of benzene rings is 2. The number of amides is 2. The summed E-state index contributed by atoms with van der Waals surface area (Å²) >= 11 is 1.11. The van der Waals surface area contributed by atoms with Gasteiger partial charge in [-0.05, 0) is 18.1 Å². The molecule has 9 nitrogen and oxygen atoms in total. The van der Waals surface area contributed by atoms with E-state index in [1.165, 1.54) is 30.7 Å². The van der Waals surface area contributed by atoms with Crippen molar-refractivity contribution in [2.45, 2.75) is 12.8 Å². The Morgan fingerprint density at radius 2 is 1.93 bits per heavy atom. The molecule has 0 spiro atoms. The zero-order valence-electron chi connectivity index (χ0n) is 16.0. The van der Waals surface area contributed by atoms with Crippen molar-refractivity contribution in [3.8, 4) is 5.75 Å². The zero-order chi connectivity index (χ0) is 21.5. The Morgan fingerprint density at radius 3 is 2.63 bits per heavy atom. The van der Waals surface area contributed by atoms with Crippen molar-refractivity contribution in [3.63, 3.8) is 0 Å². The number of nitro groups is 1. The van der Waals surface area contributed by atoms with Crippen LogP contribution in [0.25, 0.3) is 0 Å². The summed E-state index contributed by atoms with van der Waals surface area (Å²) in [6.45, 7) is 0. The van der Waals surface area contributed by atoms with Gasteiger partial charge in [-0.1, -0.05) is 30.3 Å². The number of nitrogens with one attached hydrogen (secondary N) is 2. The standard InChI is InChI=1S/C20H18N4O5S/c1-29-17-9-8-14(24(27)28)11-15(17)21-19(26)16-12-30-20(22-16)23-18(25)10-7-13-5-3-2-4-6-13/h2-6,8-9,11-12H,7,10H2,1H3,(H,21,26)(H,22,23,25). The molecule has 0 atom stereocenters. The summed E-state index contributed by atoms with van der Waals surface area (Å²) in [5.41, 5.74) is 1.10. The maximum atomic E-state index is 12.5. The summed E-state index contributed by atoms with van der Waals surface area (Å²) in [5.74, 6) is -0.506. The van der Waals surface area contributed by atoms with Gasteiger partial charge in [-0.3, -0.25) is 19.7 Å². The van der Waals surface area contributed by atoms with Gasteiger partial charge in [0.25, 0.3) is 11.6 Å². The molecular weight excluding hydrogens is 408 g/mol. The van der Waals surface area contributed by atoms with Gasteiger partial charge in [-0.25, -0.2) is 4.98 Å². The Hall–Kier alpha value is -3.79. The fraction of sp³-hybridized carbons (Fsp3) is 0.150. The number of aryl methyl sites for hydroxylation is 1. The molecule has 0 unspecified atom stereocenters. The second-order valence-electron chi connectivity index (χ2n) is 6.17. The van der Waals surface area contributed by atoms with Crippen LogP contribution in [-0.4, -0.2) is 28.8 Å². The highest BCUT2D eigenvalue weighted by Gasteiger charge is 2.17. The van der Waals surface area contributed by atoms with Crippen LogP contribution in [-0.2, 0) is 11.2 Å². The molecule has 1 aromatic heterocycles. The number of methoxy groups -OCH3 is 1. The predicted octanol–water partition coefficient (Wildman–Crippen LogP) is 3.88. The van der Waals surface area contributed by atoms with E-state index < -0.39 is 10.8 Å². The van der Waals surface area contributed by atoms with Gasteiger partial charge in [-0.15, -0.1) is 11.3 Å². The molecule has 3 aromatic rings. The third-order valence-corrected chi connectivity index (χ3v) is 4.87. The maximum Gasteiger partial charge on any atom is 0.275 e. The lowest BCUT2D eigenvalue weighted by Gasteiger charge is -2.08. The molecule has 0 aliphatic rings. The Bertz CT molecular complexity index is 1070. The Balaban J connectivity index is 1.61. The second kappa shape index (κ2) is 9.61. The van der Waals surface area contributed by atoms with Gasteiger partial charge < -0.3 is 15.4 Å². The van der Waals surface area contributed by atoms with Gasteiger partial charge in [0.2, 0.25) is 5.91 Å². The fourth-order valence-electron chi connectivity index (χ4n) is 2.61. The average molecular weight is 426 g/mol. The molecule has 2 N–H and O–H groups in total. The number of anilines is 2. The number of aromatic nitrogens is 1. The van der Waals surface area contributed by atoms with Gasteiger partial charge in [0.05, 0.1) is 17.7 Å². The molecule has 2 amide bonds. The maximum absolute atomic E-state index is 12.5. The molecule has 0 radical (unpaired) electrons. The summed E-state index contributed by atoms with van der Waals surface area (Å²) in [7, 11) is 1.39. The smallest absolute Gasteiger partial charge is 0.275 e. The van der Waals surface area contributed by atoms with E-state index in [0.717, 1.165) is 16.9 Å². The van der Waals surface area contributed by atoms with E-state index in [0.29, 0.717) is 11.6 Å². The number of nitrogens with zero attached hydrogens (tertiary/aromatic N) is 2. The quantitative estimate of drug-likeness (QED) is 0.416. The number of non-ortho nitro benzene ring substituents is 1. The van der Waals surface area contributed by atoms with Crippen molar-refractivity contribution >= 4 is 39.7 Å².